The first-order valence-electron chi connectivity index (χ1n) is 5.13. The molecule has 0 saturated carbocycles. The Bertz CT molecular complexity index is 505. The van der Waals surface area contributed by atoms with Gasteiger partial charge in [0.05, 0.1) is 17.3 Å². The predicted octanol–water partition coefficient (Wildman–Crippen LogP) is 1.59. The summed E-state index contributed by atoms with van der Waals surface area (Å²) >= 11 is 1.80. The molecule has 0 spiro atoms. The van der Waals surface area contributed by atoms with Crippen LogP contribution < -0.4 is 5.73 Å². The lowest BCUT2D eigenvalue weighted by molar-refractivity contribution is 0.782. The van der Waals surface area contributed by atoms with E-state index >= 15 is 0 Å². The summed E-state index contributed by atoms with van der Waals surface area (Å²) in [7, 11) is 1.86. The molecule has 0 unspecified atom stereocenters. The van der Waals surface area contributed by atoms with E-state index in [9.17, 15) is 0 Å². The molecule has 2 aromatic heterocycles. The maximum atomic E-state index is 5.86. The molecule has 0 aliphatic carbocycles. The van der Waals surface area contributed by atoms with E-state index in [1.54, 1.807) is 22.6 Å². The fourth-order valence-corrected chi connectivity index (χ4v) is 2.01. The molecule has 0 aromatic carbocycles. The molecule has 0 aliphatic heterocycles. The van der Waals surface area contributed by atoms with Crippen molar-refractivity contribution in [3.63, 3.8) is 0 Å². The summed E-state index contributed by atoms with van der Waals surface area (Å²) in [6.45, 7) is 4.30. The van der Waals surface area contributed by atoms with Crippen LogP contribution in [-0.4, -0.2) is 25.0 Å². The number of nitrogen functional groups attached to an aromatic ring is 1. The average molecular weight is 237 g/mol. The highest BCUT2D eigenvalue weighted by Crippen LogP contribution is 2.20. The van der Waals surface area contributed by atoms with Gasteiger partial charge in [0, 0.05) is 7.05 Å². The molecule has 5 nitrogen and oxygen atoms in total. The van der Waals surface area contributed by atoms with E-state index in [1.165, 1.54) is 0 Å². The topological polar surface area (TPSA) is 69.6 Å². The molecule has 0 bridgehead atoms. The molecule has 0 fully saturated rings. The average Bonchev–Trinajstić information content (AvgIpc) is 2.58. The van der Waals surface area contributed by atoms with Crippen LogP contribution >= 0.6 is 11.8 Å². The Hall–Kier alpha value is -1.30. The lowest BCUT2D eigenvalue weighted by Crippen LogP contribution is -2.02. The summed E-state index contributed by atoms with van der Waals surface area (Å²) in [5, 5.41) is 5.50. The van der Waals surface area contributed by atoms with Gasteiger partial charge in [-0.25, -0.2) is 9.97 Å². The molecule has 2 heterocycles. The smallest absolute Gasteiger partial charge is 0.163 e. The first kappa shape index (κ1) is 11.2. The number of anilines is 1. The minimum absolute atomic E-state index is 0.512. The lowest BCUT2D eigenvalue weighted by atomic mass is 10.4. The van der Waals surface area contributed by atoms with Gasteiger partial charge in [-0.3, -0.25) is 4.68 Å². The Morgan fingerprint density at radius 3 is 2.88 bits per heavy atom. The normalized spacial score (nSPS) is 11.5. The molecule has 86 valence electrons. The van der Waals surface area contributed by atoms with E-state index in [0.29, 0.717) is 11.1 Å². The van der Waals surface area contributed by atoms with E-state index in [1.807, 2.05) is 7.05 Å². The Labute approximate surface area is 98.4 Å². The number of thioether (sulfide) groups is 1. The Morgan fingerprint density at radius 2 is 2.19 bits per heavy atom. The summed E-state index contributed by atoms with van der Waals surface area (Å²) in [4.78, 5) is 8.74. The number of nitrogens with zero attached hydrogens (tertiary/aromatic N) is 4. The van der Waals surface area contributed by atoms with Crippen LogP contribution in [0, 0.1) is 0 Å². The summed E-state index contributed by atoms with van der Waals surface area (Å²) < 4.78 is 1.72. The van der Waals surface area contributed by atoms with Crippen molar-refractivity contribution in [3.05, 3.63) is 12.0 Å². The van der Waals surface area contributed by atoms with Crippen LogP contribution in [0.3, 0.4) is 0 Å². The van der Waals surface area contributed by atoms with E-state index in [0.717, 1.165) is 22.6 Å². The van der Waals surface area contributed by atoms with Crippen molar-refractivity contribution < 1.29 is 0 Å². The van der Waals surface area contributed by atoms with E-state index in [2.05, 4.69) is 28.9 Å². The zero-order valence-corrected chi connectivity index (χ0v) is 10.5. The molecule has 16 heavy (non-hydrogen) atoms. The van der Waals surface area contributed by atoms with Crippen LogP contribution in [0.2, 0.25) is 0 Å². The van der Waals surface area contributed by atoms with Gasteiger partial charge in [-0.05, 0) is 5.25 Å². The van der Waals surface area contributed by atoms with Crippen LogP contribution in [0.1, 0.15) is 19.7 Å². The summed E-state index contributed by atoms with van der Waals surface area (Å²) in [6, 6.07) is 0. The van der Waals surface area contributed by atoms with Gasteiger partial charge in [0.2, 0.25) is 0 Å². The lowest BCUT2D eigenvalue weighted by Gasteiger charge is -2.05. The van der Waals surface area contributed by atoms with E-state index in [-0.39, 0.29) is 0 Å². The third-order valence-corrected chi connectivity index (χ3v) is 3.31. The minimum Gasteiger partial charge on any atom is -0.383 e. The highest BCUT2D eigenvalue weighted by atomic mass is 32.2. The Morgan fingerprint density at radius 1 is 1.44 bits per heavy atom. The van der Waals surface area contributed by atoms with Crippen LogP contribution in [0.5, 0.6) is 0 Å². The SMILES string of the molecule is CC(C)SCc1nc(N)c2cnn(C)c2n1. The number of hydrogen-bond acceptors (Lipinski definition) is 5. The highest BCUT2D eigenvalue weighted by Gasteiger charge is 2.09. The summed E-state index contributed by atoms with van der Waals surface area (Å²) in [5.74, 6) is 2.06. The van der Waals surface area contributed by atoms with Crippen molar-refractivity contribution in [2.24, 2.45) is 7.05 Å². The number of nitrogens with two attached hydrogens (primary N) is 1. The molecule has 2 aromatic rings. The number of aromatic nitrogens is 4. The minimum atomic E-state index is 0.512. The largest absolute Gasteiger partial charge is 0.383 e. The zero-order valence-electron chi connectivity index (χ0n) is 9.64. The van der Waals surface area contributed by atoms with E-state index < -0.39 is 0 Å². The van der Waals surface area contributed by atoms with Crippen molar-refractivity contribution in [2.75, 3.05) is 5.73 Å². The second-order valence-corrected chi connectivity index (χ2v) is 5.46. The van der Waals surface area contributed by atoms with Crippen molar-refractivity contribution in [1.29, 1.82) is 0 Å². The highest BCUT2D eigenvalue weighted by molar-refractivity contribution is 7.99. The zero-order chi connectivity index (χ0) is 11.7. The second kappa shape index (κ2) is 4.29. The monoisotopic (exact) mass is 237 g/mol. The summed E-state index contributed by atoms with van der Waals surface area (Å²) in [6.07, 6.45) is 1.70. The Kier molecular flexibility index (Phi) is 3.00. The molecular weight excluding hydrogens is 222 g/mol. The van der Waals surface area contributed by atoms with Gasteiger partial charge in [0.15, 0.2) is 5.65 Å². The number of aryl methyl sites for hydroxylation is 1. The number of fused-ring (bicyclic) bond motifs is 1. The van der Waals surface area contributed by atoms with E-state index in [4.69, 9.17) is 5.73 Å². The van der Waals surface area contributed by atoms with Gasteiger partial charge in [-0.15, -0.1) is 0 Å². The van der Waals surface area contributed by atoms with Gasteiger partial charge >= 0.3 is 0 Å². The molecule has 6 heteroatoms. The van der Waals surface area contributed by atoms with Crippen LogP contribution in [0.25, 0.3) is 11.0 Å². The van der Waals surface area contributed by atoms with Gasteiger partial charge in [0.1, 0.15) is 11.6 Å². The molecule has 0 amide bonds. The van der Waals surface area contributed by atoms with Gasteiger partial charge in [-0.1, -0.05) is 13.8 Å². The van der Waals surface area contributed by atoms with Crippen LogP contribution in [0.4, 0.5) is 5.82 Å². The maximum absolute atomic E-state index is 5.86. The fraction of sp³-hybridized carbons (Fsp3) is 0.500. The molecule has 0 radical (unpaired) electrons. The van der Waals surface area contributed by atoms with Crippen molar-refractivity contribution >= 4 is 28.6 Å². The van der Waals surface area contributed by atoms with Gasteiger partial charge < -0.3 is 5.73 Å². The molecule has 2 N–H and O–H groups in total. The standard InChI is InChI=1S/C10H15N5S/c1-6(2)16-5-8-13-9(11)7-4-12-15(3)10(7)14-8/h4,6H,5H2,1-3H3,(H2,11,13,14). The van der Waals surface area contributed by atoms with Gasteiger partial charge in [0.25, 0.3) is 0 Å². The fourth-order valence-electron chi connectivity index (χ4n) is 1.40. The third kappa shape index (κ3) is 2.11. The van der Waals surface area contributed by atoms with Crippen molar-refractivity contribution in [2.45, 2.75) is 24.9 Å². The third-order valence-electron chi connectivity index (χ3n) is 2.21. The molecule has 0 saturated heterocycles. The Balaban J connectivity index is 2.36. The predicted molar refractivity (Wildman–Crippen MR) is 67.1 cm³/mol. The summed E-state index contributed by atoms with van der Waals surface area (Å²) in [5.41, 5.74) is 6.66. The van der Waals surface area contributed by atoms with Crippen molar-refractivity contribution in [3.8, 4) is 0 Å². The molecule has 0 aliphatic rings. The van der Waals surface area contributed by atoms with Crippen molar-refractivity contribution in [1.82, 2.24) is 19.7 Å². The van der Waals surface area contributed by atoms with Gasteiger partial charge in [-0.2, -0.15) is 16.9 Å². The van der Waals surface area contributed by atoms with Crippen LogP contribution in [0.15, 0.2) is 6.20 Å². The number of hydrogen-bond donors (Lipinski definition) is 1. The quantitative estimate of drug-likeness (QED) is 0.877. The first-order chi connectivity index (χ1) is 7.58. The molecular formula is C10H15N5S. The molecule has 0 atom stereocenters. The molecule has 2 rings (SSSR count). The maximum Gasteiger partial charge on any atom is 0.163 e. The van der Waals surface area contributed by atoms with Crippen LogP contribution in [-0.2, 0) is 12.8 Å². The first-order valence-corrected chi connectivity index (χ1v) is 6.18. The number of rotatable bonds is 3. The second-order valence-electron chi connectivity index (χ2n) is 3.89.